The SMILES string of the molecule is CC(=O)N[C@H]1C[C@H](C(=O)N[C@H](c2c(F)ccc(Cl)c2F)C2(C)CCCC2)C[C@H]1F. The summed E-state index contributed by atoms with van der Waals surface area (Å²) in [6.07, 6.45) is 1.97. The van der Waals surface area contributed by atoms with E-state index in [0.717, 1.165) is 25.0 Å². The molecule has 2 aliphatic carbocycles. The van der Waals surface area contributed by atoms with E-state index in [-0.39, 0.29) is 29.3 Å². The van der Waals surface area contributed by atoms with Gasteiger partial charge in [-0.2, -0.15) is 0 Å². The lowest BCUT2D eigenvalue weighted by Crippen LogP contribution is -2.42. The first-order valence-electron chi connectivity index (χ1n) is 9.97. The number of hydrogen-bond acceptors (Lipinski definition) is 2. The van der Waals surface area contributed by atoms with Crippen LogP contribution in [0.2, 0.25) is 5.02 Å². The summed E-state index contributed by atoms with van der Waals surface area (Å²) >= 11 is 5.89. The number of halogens is 4. The van der Waals surface area contributed by atoms with Gasteiger partial charge in [0.05, 0.1) is 17.1 Å². The van der Waals surface area contributed by atoms with E-state index >= 15 is 0 Å². The van der Waals surface area contributed by atoms with Gasteiger partial charge < -0.3 is 10.6 Å². The van der Waals surface area contributed by atoms with Crippen LogP contribution >= 0.6 is 11.6 Å². The Hall–Kier alpha value is -1.76. The zero-order valence-corrected chi connectivity index (χ0v) is 17.3. The highest BCUT2D eigenvalue weighted by molar-refractivity contribution is 6.30. The molecule has 0 saturated heterocycles. The average Bonchev–Trinajstić information content (AvgIpc) is 3.24. The fraction of sp³-hybridized carbons (Fsp3) is 0.619. The van der Waals surface area contributed by atoms with Gasteiger partial charge in [0, 0.05) is 18.4 Å². The lowest BCUT2D eigenvalue weighted by Gasteiger charge is -2.36. The number of benzene rings is 1. The lowest BCUT2D eigenvalue weighted by molar-refractivity contribution is -0.127. The summed E-state index contributed by atoms with van der Waals surface area (Å²) in [6.45, 7) is 3.19. The van der Waals surface area contributed by atoms with E-state index in [4.69, 9.17) is 11.6 Å². The minimum absolute atomic E-state index is 0.0409. The number of rotatable bonds is 5. The van der Waals surface area contributed by atoms with E-state index < -0.39 is 47.1 Å². The fourth-order valence-corrected chi connectivity index (χ4v) is 4.91. The number of carbonyl (C=O) groups is 2. The molecular formula is C21H26ClF3N2O2. The van der Waals surface area contributed by atoms with Gasteiger partial charge in [-0.1, -0.05) is 31.4 Å². The molecule has 8 heteroatoms. The molecule has 0 unspecified atom stereocenters. The number of amides is 2. The maximum Gasteiger partial charge on any atom is 0.223 e. The van der Waals surface area contributed by atoms with Gasteiger partial charge in [0.25, 0.3) is 0 Å². The Balaban J connectivity index is 1.86. The molecule has 0 bridgehead atoms. The fourth-order valence-electron chi connectivity index (χ4n) is 4.74. The van der Waals surface area contributed by atoms with Crippen molar-refractivity contribution in [2.75, 3.05) is 0 Å². The molecule has 2 saturated carbocycles. The zero-order valence-electron chi connectivity index (χ0n) is 16.5. The third-order valence-electron chi connectivity index (χ3n) is 6.34. The van der Waals surface area contributed by atoms with Crippen LogP contribution in [0.3, 0.4) is 0 Å². The summed E-state index contributed by atoms with van der Waals surface area (Å²) in [4.78, 5) is 24.2. The van der Waals surface area contributed by atoms with Crippen molar-refractivity contribution in [3.8, 4) is 0 Å². The van der Waals surface area contributed by atoms with Crippen molar-refractivity contribution in [2.24, 2.45) is 11.3 Å². The minimum atomic E-state index is -1.34. The van der Waals surface area contributed by atoms with Crippen molar-refractivity contribution < 1.29 is 22.8 Å². The van der Waals surface area contributed by atoms with Crippen LogP contribution < -0.4 is 10.6 Å². The van der Waals surface area contributed by atoms with Crippen molar-refractivity contribution in [2.45, 2.75) is 70.6 Å². The summed E-state index contributed by atoms with van der Waals surface area (Å²) in [6, 6.07) is 0.601. The molecule has 0 spiro atoms. The van der Waals surface area contributed by atoms with Gasteiger partial charge in [-0.05, 0) is 43.2 Å². The topological polar surface area (TPSA) is 58.2 Å². The molecule has 4 nitrogen and oxygen atoms in total. The molecule has 0 aromatic heterocycles. The first kappa shape index (κ1) is 21.9. The normalized spacial score (nSPS) is 26.9. The highest BCUT2D eigenvalue weighted by Crippen LogP contribution is 2.49. The second-order valence-electron chi connectivity index (χ2n) is 8.55. The van der Waals surface area contributed by atoms with Crippen LogP contribution in [-0.4, -0.2) is 24.0 Å². The Kier molecular flexibility index (Phi) is 6.46. The zero-order chi connectivity index (χ0) is 21.3. The predicted molar refractivity (Wildman–Crippen MR) is 104 cm³/mol. The Morgan fingerprint density at radius 1 is 1.21 bits per heavy atom. The number of nitrogens with one attached hydrogen (secondary N) is 2. The van der Waals surface area contributed by atoms with Crippen molar-refractivity contribution in [1.82, 2.24) is 10.6 Å². The van der Waals surface area contributed by atoms with E-state index in [0.29, 0.717) is 12.8 Å². The van der Waals surface area contributed by atoms with Crippen molar-refractivity contribution in [3.63, 3.8) is 0 Å². The summed E-state index contributed by atoms with van der Waals surface area (Å²) in [5.74, 6) is -3.15. The van der Waals surface area contributed by atoms with Crippen molar-refractivity contribution in [3.05, 3.63) is 34.4 Å². The van der Waals surface area contributed by atoms with Gasteiger partial charge >= 0.3 is 0 Å². The van der Waals surface area contributed by atoms with Crippen LogP contribution in [0.25, 0.3) is 0 Å². The third kappa shape index (κ3) is 4.55. The van der Waals surface area contributed by atoms with Crippen molar-refractivity contribution >= 4 is 23.4 Å². The highest BCUT2D eigenvalue weighted by Gasteiger charge is 2.44. The Bertz CT molecular complexity index is 798. The summed E-state index contributed by atoms with van der Waals surface area (Å²) in [5, 5.41) is 5.11. The van der Waals surface area contributed by atoms with Crippen LogP contribution in [-0.2, 0) is 9.59 Å². The van der Waals surface area contributed by atoms with Gasteiger partial charge in [0.15, 0.2) is 0 Å². The van der Waals surface area contributed by atoms with Crippen LogP contribution in [0.15, 0.2) is 12.1 Å². The molecule has 160 valence electrons. The largest absolute Gasteiger partial charge is 0.351 e. The molecule has 2 aliphatic rings. The van der Waals surface area contributed by atoms with Gasteiger partial charge in [-0.25, -0.2) is 13.2 Å². The highest BCUT2D eigenvalue weighted by atomic mass is 35.5. The molecule has 0 heterocycles. The predicted octanol–water partition coefficient (Wildman–Crippen LogP) is 4.61. The molecule has 1 aromatic carbocycles. The third-order valence-corrected chi connectivity index (χ3v) is 6.63. The Morgan fingerprint density at radius 3 is 2.48 bits per heavy atom. The first-order chi connectivity index (χ1) is 13.6. The van der Waals surface area contributed by atoms with Crippen molar-refractivity contribution in [1.29, 1.82) is 0 Å². The molecule has 1 aromatic rings. The number of alkyl halides is 1. The second kappa shape index (κ2) is 8.54. The molecule has 0 radical (unpaired) electrons. The molecular weight excluding hydrogens is 405 g/mol. The first-order valence-corrected chi connectivity index (χ1v) is 10.3. The monoisotopic (exact) mass is 430 g/mol. The summed E-state index contributed by atoms with van der Waals surface area (Å²) in [7, 11) is 0. The molecule has 3 rings (SSSR count). The van der Waals surface area contributed by atoms with Crippen LogP contribution in [0, 0.1) is 23.0 Å². The minimum Gasteiger partial charge on any atom is -0.351 e. The van der Waals surface area contributed by atoms with Gasteiger partial charge in [-0.3, -0.25) is 9.59 Å². The standard InChI is InChI=1S/C21H26ClF3N2O2/c1-11(28)26-16-10-12(9-15(16)24)20(29)27-19(21(2)7-3-4-8-21)17-14(23)6-5-13(22)18(17)25/h5-6,12,15-16,19H,3-4,7-10H2,1-2H3,(H,26,28)(H,27,29)/t12-,15-,16+,19-/m1/s1. The van der Waals surface area contributed by atoms with E-state index in [1.165, 1.54) is 6.92 Å². The Morgan fingerprint density at radius 2 is 1.86 bits per heavy atom. The summed E-state index contributed by atoms with van der Waals surface area (Å²) < 4.78 is 43.7. The quantitative estimate of drug-likeness (QED) is 0.670. The van der Waals surface area contributed by atoms with Crippen LogP contribution in [0.4, 0.5) is 13.2 Å². The van der Waals surface area contributed by atoms with Crippen LogP contribution in [0.1, 0.15) is 64.0 Å². The molecule has 29 heavy (non-hydrogen) atoms. The van der Waals surface area contributed by atoms with E-state index in [9.17, 15) is 22.8 Å². The van der Waals surface area contributed by atoms with Crippen LogP contribution in [0.5, 0.6) is 0 Å². The maximum absolute atomic E-state index is 14.8. The second-order valence-corrected chi connectivity index (χ2v) is 8.96. The maximum atomic E-state index is 14.8. The number of carbonyl (C=O) groups excluding carboxylic acids is 2. The Labute approximate surface area is 173 Å². The molecule has 2 amide bonds. The average molecular weight is 431 g/mol. The van der Waals surface area contributed by atoms with E-state index in [1.807, 2.05) is 6.92 Å². The summed E-state index contributed by atoms with van der Waals surface area (Å²) in [5.41, 5.74) is -0.782. The smallest absolute Gasteiger partial charge is 0.223 e. The molecule has 2 fully saturated rings. The molecule has 4 atom stereocenters. The lowest BCUT2D eigenvalue weighted by atomic mass is 9.76. The van der Waals surface area contributed by atoms with Gasteiger partial charge in [-0.15, -0.1) is 0 Å². The van der Waals surface area contributed by atoms with E-state index in [1.54, 1.807) is 0 Å². The molecule has 2 N–H and O–H groups in total. The van der Waals surface area contributed by atoms with Gasteiger partial charge in [0.1, 0.15) is 17.8 Å². The molecule has 0 aliphatic heterocycles. The number of hydrogen-bond donors (Lipinski definition) is 2. The van der Waals surface area contributed by atoms with E-state index in [2.05, 4.69) is 10.6 Å². The van der Waals surface area contributed by atoms with Gasteiger partial charge in [0.2, 0.25) is 11.8 Å².